The predicted octanol–water partition coefficient (Wildman–Crippen LogP) is 2.73. The Kier molecular flexibility index (Phi) is 4.51. The minimum absolute atomic E-state index is 0.366. The summed E-state index contributed by atoms with van der Waals surface area (Å²) in [5.74, 6) is 0.366. The third-order valence-corrected chi connectivity index (χ3v) is 1.31. The molecular formula is C10H16O. The zero-order valence-electron chi connectivity index (χ0n) is 7.72. The minimum atomic E-state index is 0.366. The molecule has 0 saturated heterocycles. The smallest absolute Gasteiger partial charge is 0.145 e. The van der Waals surface area contributed by atoms with Crippen molar-refractivity contribution in [1.29, 1.82) is 0 Å². The third kappa shape index (κ3) is 5.59. The number of carbonyl (C=O) groups is 1. The van der Waals surface area contributed by atoms with Crippen LogP contribution in [0.1, 0.15) is 27.7 Å². The van der Waals surface area contributed by atoms with Gasteiger partial charge in [0.2, 0.25) is 0 Å². The summed E-state index contributed by atoms with van der Waals surface area (Å²) in [5, 5.41) is 0. The Morgan fingerprint density at radius 1 is 1.18 bits per heavy atom. The van der Waals surface area contributed by atoms with Crippen molar-refractivity contribution in [3.05, 3.63) is 23.3 Å². The lowest BCUT2D eigenvalue weighted by Gasteiger charge is -1.99. The summed E-state index contributed by atoms with van der Waals surface area (Å²) in [6, 6.07) is 0. The number of carbonyl (C=O) groups excluding carboxylic acids is 1. The maximum Gasteiger partial charge on any atom is 0.145 e. The molecule has 0 bridgehead atoms. The van der Waals surface area contributed by atoms with Gasteiger partial charge in [-0.2, -0.15) is 0 Å². The van der Waals surface area contributed by atoms with E-state index >= 15 is 0 Å². The maximum absolute atomic E-state index is 10.2. The van der Waals surface area contributed by atoms with Crippen molar-refractivity contribution in [3.8, 4) is 0 Å². The van der Waals surface area contributed by atoms with Crippen LogP contribution in [0.3, 0.4) is 0 Å². The van der Waals surface area contributed by atoms with Crippen LogP contribution < -0.4 is 0 Å². The van der Waals surface area contributed by atoms with Crippen LogP contribution in [0.5, 0.6) is 0 Å². The van der Waals surface area contributed by atoms with E-state index in [1.54, 1.807) is 0 Å². The van der Waals surface area contributed by atoms with Crippen LogP contribution in [0, 0.1) is 5.92 Å². The number of hydrogen-bond donors (Lipinski definition) is 0. The Morgan fingerprint density at radius 2 is 1.73 bits per heavy atom. The van der Waals surface area contributed by atoms with Crippen LogP contribution in [0.25, 0.3) is 0 Å². The fraction of sp³-hybridized carbons (Fsp3) is 0.500. The third-order valence-electron chi connectivity index (χ3n) is 1.31. The number of allylic oxidation sites excluding steroid dienone is 4. The molecule has 0 aliphatic carbocycles. The number of hydrogen-bond acceptors (Lipinski definition) is 1. The van der Waals surface area contributed by atoms with Crippen molar-refractivity contribution in [2.24, 2.45) is 5.92 Å². The van der Waals surface area contributed by atoms with Gasteiger partial charge in [0.05, 0.1) is 0 Å². The van der Waals surface area contributed by atoms with Gasteiger partial charge >= 0.3 is 0 Å². The molecule has 0 aliphatic rings. The van der Waals surface area contributed by atoms with Crippen LogP contribution >= 0.6 is 0 Å². The van der Waals surface area contributed by atoms with Crippen molar-refractivity contribution in [2.75, 3.05) is 0 Å². The van der Waals surface area contributed by atoms with Crippen LogP contribution in [0.2, 0.25) is 0 Å². The minimum Gasteiger partial charge on any atom is -0.298 e. The Morgan fingerprint density at radius 3 is 2.09 bits per heavy atom. The second-order valence-electron chi connectivity index (χ2n) is 3.13. The van der Waals surface area contributed by atoms with Crippen molar-refractivity contribution in [3.63, 3.8) is 0 Å². The van der Waals surface area contributed by atoms with Gasteiger partial charge in [-0.1, -0.05) is 24.6 Å². The highest BCUT2D eigenvalue weighted by atomic mass is 16.1. The summed E-state index contributed by atoms with van der Waals surface area (Å²) < 4.78 is 0. The highest BCUT2D eigenvalue weighted by Gasteiger charge is 1.92. The fourth-order valence-electron chi connectivity index (χ4n) is 1.03. The molecule has 1 heteroatoms. The normalized spacial score (nSPS) is 14.0. The van der Waals surface area contributed by atoms with E-state index in [4.69, 9.17) is 0 Å². The van der Waals surface area contributed by atoms with E-state index in [0.717, 1.165) is 11.9 Å². The largest absolute Gasteiger partial charge is 0.298 e. The average molecular weight is 152 g/mol. The van der Waals surface area contributed by atoms with E-state index in [9.17, 15) is 4.79 Å². The molecule has 0 spiro atoms. The van der Waals surface area contributed by atoms with Crippen molar-refractivity contribution >= 4 is 6.29 Å². The topological polar surface area (TPSA) is 17.1 Å². The van der Waals surface area contributed by atoms with Gasteiger partial charge in [0.15, 0.2) is 0 Å². The van der Waals surface area contributed by atoms with E-state index in [0.29, 0.717) is 5.92 Å². The molecule has 1 atom stereocenters. The molecule has 0 radical (unpaired) electrons. The number of aldehydes is 1. The second kappa shape index (κ2) is 4.89. The molecule has 1 nitrogen and oxygen atoms in total. The van der Waals surface area contributed by atoms with Crippen LogP contribution in [0.15, 0.2) is 23.3 Å². The number of rotatable bonds is 3. The Bertz CT molecular complexity index is 183. The van der Waals surface area contributed by atoms with E-state index in [1.165, 1.54) is 5.57 Å². The molecule has 0 amide bonds. The summed E-state index contributed by atoms with van der Waals surface area (Å²) in [6.45, 7) is 8.00. The van der Waals surface area contributed by atoms with Gasteiger partial charge in [-0.15, -0.1) is 0 Å². The van der Waals surface area contributed by atoms with Crippen molar-refractivity contribution in [2.45, 2.75) is 27.7 Å². The molecule has 1 unspecified atom stereocenters. The molecule has 62 valence electrons. The Labute approximate surface area is 68.8 Å². The van der Waals surface area contributed by atoms with Gasteiger partial charge in [-0.25, -0.2) is 0 Å². The van der Waals surface area contributed by atoms with Crippen LogP contribution in [-0.4, -0.2) is 6.29 Å². The van der Waals surface area contributed by atoms with Gasteiger partial charge in [0.25, 0.3) is 0 Å². The lowest BCUT2D eigenvalue weighted by molar-refractivity contribution is -0.104. The molecule has 0 heterocycles. The van der Waals surface area contributed by atoms with E-state index in [2.05, 4.69) is 26.8 Å². The summed E-state index contributed by atoms with van der Waals surface area (Å²) in [4.78, 5) is 10.2. The van der Waals surface area contributed by atoms with Crippen molar-refractivity contribution < 1.29 is 4.79 Å². The first-order chi connectivity index (χ1) is 5.06. The fourth-order valence-corrected chi connectivity index (χ4v) is 1.03. The predicted molar refractivity (Wildman–Crippen MR) is 48.4 cm³/mol. The van der Waals surface area contributed by atoms with Crippen LogP contribution in [-0.2, 0) is 4.79 Å². The van der Waals surface area contributed by atoms with E-state index in [1.807, 2.05) is 13.0 Å². The SMILES string of the molecule is CC(C)=CC(C)/C=C(\C)C=O. The second-order valence-corrected chi connectivity index (χ2v) is 3.13. The molecule has 0 rings (SSSR count). The quantitative estimate of drug-likeness (QED) is 0.345. The highest BCUT2D eigenvalue weighted by Crippen LogP contribution is 2.05. The molecule has 0 fully saturated rings. The van der Waals surface area contributed by atoms with Gasteiger partial charge in [0, 0.05) is 0 Å². The molecule has 0 aromatic carbocycles. The molecule has 0 aromatic rings. The first-order valence-corrected chi connectivity index (χ1v) is 3.85. The average Bonchev–Trinajstić information content (AvgIpc) is 1.85. The molecule has 0 saturated carbocycles. The lowest BCUT2D eigenvalue weighted by atomic mass is 10.1. The molecule has 0 N–H and O–H groups in total. The summed E-state index contributed by atoms with van der Waals surface area (Å²) in [7, 11) is 0. The zero-order valence-corrected chi connectivity index (χ0v) is 7.72. The van der Waals surface area contributed by atoms with E-state index < -0.39 is 0 Å². The van der Waals surface area contributed by atoms with Crippen molar-refractivity contribution in [1.82, 2.24) is 0 Å². The monoisotopic (exact) mass is 152 g/mol. The highest BCUT2D eigenvalue weighted by molar-refractivity contribution is 5.72. The van der Waals surface area contributed by atoms with E-state index in [-0.39, 0.29) is 0 Å². The molecule has 0 aliphatic heterocycles. The summed E-state index contributed by atoms with van der Waals surface area (Å²) in [5.41, 5.74) is 2.09. The van der Waals surface area contributed by atoms with Gasteiger partial charge < -0.3 is 0 Å². The Hall–Kier alpha value is -0.850. The zero-order chi connectivity index (χ0) is 8.85. The summed E-state index contributed by atoms with van der Waals surface area (Å²) >= 11 is 0. The molecule has 0 aromatic heterocycles. The standard InChI is InChI=1S/C10H16O/c1-8(2)5-9(3)6-10(4)7-11/h5-7,9H,1-4H3/b10-6+. The molecular weight excluding hydrogens is 136 g/mol. The van der Waals surface area contributed by atoms with Gasteiger partial charge in [0.1, 0.15) is 6.29 Å². The first kappa shape index (κ1) is 10.2. The van der Waals surface area contributed by atoms with Gasteiger partial charge in [-0.05, 0) is 32.3 Å². The Balaban J connectivity index is 4.17. The summed E-state index contributed by atoms with van der Waals surface area (Å²) in [6.07, 6.45) is 4.97. The van der Waals surface area contributed by atoms with Crippen LogP contribution in [0.4, 0.5) is 0 Å². The molecule has 11 heavy (non-hydrogen) atoms. The first-order valence-electron chi connectivity index (χ1n) is 3.85. The van der Waals surface area contributed by atoms with Gasteiger partial charge in [-0.3, -0.25) is 4.79 Å². The maximum atomic E-state index is 10.2. The lowest BCUT2D eigenvalue weighted by Crippen LogP contribution is -1.87.